The molecule has 0 aliphatic carbocycles. The molecule has 0 radical (unpaired) electrons. The van der Waals surface area contributed by atoms with Gasteiger partial charge in [0.25, 0.3) is 5.91 Å². The number of nitrogens with one attached hydrogen (secondary N) is 1. The SMILES string of the molecule is C[C@@H]1Cc2c(C(=O)N3CC(NS(C)(=O)=O)C3)nn(C)c2[C@H](C)O1. The molecule has 0 bridgehead atoms. The number of carbonyl (C=O) groups is 1. The molecule has 23 heavy (non-hydrogen) atoms. The molecular formula is C14H22N4O4S. The molecule has 9 heteroatoms. The maximum atomic E-state index is 12.7. The van der Waals surface area contributed by atoms with Crippen molar-refractivity contribution in [1.29, 1.82) is 0 Å². The van der Waals surface area contributed by atoms with Crippen LogP contribution in [-0.4, -0.2) is 60.5 Å². The summed E-state index contributed by atoms with van der Waals surface area (Å²) in [6.07, 6.45) is 1.73. The van der Waals surface area contributed by atoms with Gasteiger partial charge in [-0.1, -0.05) is 0 Å². The van der Waals surface area contributed by atoms with E-state index in [0.29, 0.717) is 25.2 Å². The highest BCUT2D eigenvalue weighted by atomic mass is 32.2. The summed E-state index contributed by atoms with van der Waals surface area (Å²) in [5.74, 6) is -0.144. The Bertz CT molecular complexity index is 736. The summed E-state index contributed by atoms with van der Waals surface area (Å²) in [4.78, 5) is 14.3. The van der Waals surface area contributed by atoms with Gasteiger partial charge in [-0.3, -0.25) is 9.48 Å². The molecule has 1 aromatic heterocycles. The molecule has 0 spiro atoms. The standard InChI is InChI=1S/C14H22N4O4S/c1-8-5-11-12(15-17(3)13(11)9(2)22-8)14(19)18-6-10(7-18)16-23(4,20)21/h8-10,16H,5-7H2,1-4H3/t8-,9+/m1/s1. The van der Waals surface area contributed by atoms with Crippen molar-refractivity contribution in [3.8, 4) is 0 Å². The van der Waals surface area contributed by atoms with E-state index in [0.717, 1.165) is 17.5 Å². The monoisotopic (exact) mass is 342 g/mol. The van der Waals surface area contributed by atoms with E-state index >= 15 is 0 Å². The molecule has 1 saturated heterocycles. The highest BCUT2D eigenvalue weighted by Gasteiger charge is 2.37. The number of fused-ring (bicyclic) bond motifs is 1. The van der Waals surface area contributed by atoms with Crippen molar-refractivity contribution in [3.63, 3.8) is 0 Å². The first-order valence-electron chi connectivity index (χ1n) is 7.63. The lowest BCUT2D eigenvalue weighted by atomic mass is 9.98. The number of amides is 1. The smallest absolute Gasteiger partial charge is 0.274 e. The first-order valence-corrected chi connectivity index (χ1v) is 9.52. The van der Waals surface area contributed by atoms with Gasteiger partial charge in [0.2, 0.25) is 10.0 Å². The average Bonchev–Trinajstić information content (AvgIpc) is 2.68. The van der Waals surface area contributed by atoms with Gasteiger partial charge in [0.15, 0.2) is 5.69 Å². The Labute approximate surface area is 135 Å². The summed E-state index contributed by atoms with van der Waals surface area (Å²) >= 11 is 0. The number of hydrogen-bond acceptors (Lipinski definition) is 5. The fraction of sp³-hybridized carbons (Fsp3) is 0.714. The number of carbonyl (C=O) groups excluding carboxylic acids is 1. The fourth-order valence-electron chi connectivity index (χ4n) is 3.38. The number of rotatable bonds is 3. The summed E-state index contributed by atoms with van der Waals surface area (Å²) < 4.78 is 32.4. The van der Waals surface area contributed by atoms with E-state index in [1.807, 2.05) is 20.9 Å². The Morgan fingerprint density at radius 2 is 2.00 bits per heavy atom. The quantitative estimate of drug-likeness (QED) is 0.822. The van der Waals surface area contributed by atoms with Crippen molar-refractivity contribution in [1.82, 2.24) is 19.4 Å². The molecule has 1 aromatic rings. The Balaban J connectivity index is 1.76. The summed E-state index contributed by atoms with van der Waals surface area (Å²) in [7, 11) is -1.43. The van der Waals surface area contributed by atoms with E-state index in [1.54, 1.807) is 9.58 Å². The van der Waals surface area contributed by atoms with Crippen LogP contribution >= 0.6 is 0 Å². The Morgan fingerprint density at radius 3 is 2.61 bits per heavy atom. The zero-order valence-corrected chi connectivity index (χ0v) is 14.6. The molecule has 1 N–H and O–H groups in total. The number of likely N-dealkylation sites (tertiary alicyclic amines) is 1. The molecule has 128 valence electrons. The normalized spacial score (nSPS) is 25.1. The summed E-state index contributed by atoms with van der Waals surface area (Å²) in [5.41, 5.74) is 2.35. The van der Waals surface area contributed by atoms with Crippen molar-refractivity contribution in [2.45, 2.75) is 38.5 Å². The van der Waals surface area contributed by atoms with Crippen molar-refractivity contribution in [2.75, 3.05) is 19.3 Å². The van der Waals surface area contributed by atoms with Crippen LogP contribution in [0.25, 0.3) is 0 Å². The van der Waals surface area contributed by atoms with Crippen LogP contribution < -0.4 is 4.72 Å². The third kappa shape index (κ3) is 3.13. The van der Waals surface area contributed by atoms with Gasteiger partial charge in [0.1, 0.15) is 0 Å². The predicted molar refractivity (Wildman–Crippen MR) is 83.5 cm³/mol. The molecule has 3 heterocycles. The van der Waals surface area contributed by atoms with E-state index in [9.17, 15) is 13.2 Å². The lowest BCUT2D eigenvalue weighted by Gasteiger charge is -2.39. The van der Waals surface area contributed by atoms with Gasteiger partial charge in [-0.05, 0) is 13.8 Å². The molecule has 0 saturated carbocycles. The van der Waals surface area contributed by atoms with Crippen LogP contribution in [-0.2, 0) is 28.2 Å². The van der Waals surface area contributed by atoms with Gasteiger partial charge < -0.3 is 9.64 Å². The molecule has 2 aliphatic rings. The first-order chi connectivity index (χ1) is 10.7. The number of sulfonamides is 1. The topological polar surface area (TPSA) is 93.5 Å². The summed E-state index contributed by atoms with van der Waals surface area (Å²) in [5, 5.41) is 4.39. The zero-order chi connectivity index (χ0) is 16.9. The first kappa shape index (κ1) is 16.4. The number of hydrogen-bond donors (Lipinski definition) is 1. The Hall–Kier alpha value is -1.45. The van der Waals surface area contributed by atoms with Gasteiger partial charge in [0.05, 0.1) is 30.2 Å². The second-order valence-electron chi connectivity index (χ2n) is 6.43. The van der Waals surface area contributed by atoms with Crippen molar-refractivity contribution in [3.05, 3.63) is 17.0 Å². The largest absolute Gasteiger partial charge is 0.369 e. The van der Waals surface area contributed by atoms with E-state index in [-0.39, 0.29) is 24.2 Å². The van der Waals surface area contributed by atoms with Gasteiger partial charge in [0, 0.05) is 32.1 Å². The van der Waals surface area contributed by atoms with E-state index < -0.39 is 10.0 Å². The fourth-order valence-corrected chi connectivity index (χ4v) is 4.14. The summed E-state index contributed by atoms with van der Waals surface area (Å²) in [6.45, 7) is 4.69. The average molecular weight is 342 g/mol. The van der Waals surface area contributed by atoms with E-state index in [4.69, 9.17) is 4.74 Å². The van der Waals surface area contributed by atoms with Gasteiger partial charge in [-0.15, -0.1) is 0 Å². The minimum atomic E-state index is -3.25. The molecule has 2 atom stereocenters. The second-order valence-corrected chi connectivity index (χ2v) is 8.21. The van der Waals surface area contributed by atoms with Crippen LogP contribution in [0.4, 0.5) is 0 Å². The summed E-state index contributed by atoms with van der Waals surface area (Å²) in [6, 6.07) is -0.213. The van der Waals surface area contributed by atoms with Gasteiger partial charge in [-0.2, -0.15) is 5.10 Å². The molecule has 0 unspecified atom stereocenters. The van der Waals surface area contributed by atoms with Crippen molar-refractivity contribution >= 4 is 15.9 Å². The van der Waals surface area contributed by atoms with E-state index in [1.165, 1.54) is 0 Å². The van der Waals surface area contributed by atoms with Crippen LogP contribution in [0.3, 0.4) is 0 Å². The third-order valence-electron chi connectivity index (χ3n) is 4.26. The predicted octanol–water partition coefficient (Wildman–Crippen LogP) is -0.184. The minimum absolute atomic E-state index is 0.0456. The molecular weight excluding hydrogens is 320 g/mol. The van der Waals surface area contributed by atoms with Crippen LogP contribution in [0.15, 0.2) is 0 Å². The lowest BCUT2D eigenvalue weighted by molar-refractivity contribution is -0.00910. The number of ether oxygens (including phenoxy) is 1. The van der Waals surface area contributed by atoms with Crippen molar-refractivity contribution in [2.24, 2.45) is 7.05 Å². The molecule has 1 fully saturated rings. The number of aryl methyl sites for hydroxylation is 1. The molecule has 0 aromatic carbocycles. The van der Waals surface area contributed by atoms with E-state index in [2.05, 4.69) is 9.82 Å². The highest BCUT2D eigenvalue weighted by Crippen LogP contribution is 2.32. The van der Waals surface area contributed by atoms with Crippen molar-refractivity contribution < 1.29 is 17.9 Å². The maximum absolute atomic E-state index is 12.7. The number of nitrogens with zero attached hydrogens (tertiary/aromatic N) is 3. The Morgan fingerprint density at radius 1 is 1.35 bits per heavy atom. The van der Waals surface area contributed by atoms with Crippen LogP contribution in [0, 0.1) is 0 Å². The maximum Gasteiger partial charge on any atom is 0.274 e. The zero-order valence-electron chi connectivity index (χ0n) is 13.7. The van der Waals surface area contributed by atoms with Crippen LogP contribution in [0.2, 0.25) is 0 Å². The Kier molecular flexibility index (Phi) is 3.97. The van der Waals surface area contributed by atoms with Crippen LogP contribution in [0.5, 0.6) is 0 Å². The minimum Gasteiger partial charge on any atom is -0.369 e. The molecule has 1 amide bonds. The lowest BCUT2D eigenvalue weighted by Crippen LogP contribution is -2.60. The molecule has 2 aliphatic heterocycles. The number of aromatic nitrogens is 2. The third-order valence-corrected chi connectivity index (χ3v) is 5.02. The van der Waals surface area contributed by atoms with Gasteiger partial charge in [-0.25, -0.2) is 13.1 Å². The molecule has 3 rings (SSSR count). The molecule has 8 nitrogen and oxygen atoms in total. The van der Waals surface area contributed by atoms with Crippen LogP contribution in [0.1, 0.15) is 41.7 Å². The van der Waals surface area contributed by atoms with Gasteiger partial charge >= 0.3 is 0 Å². The second kappa shape index (κ2) is 5.57. The highest BCUT2D eigenvalue weighted by molar-refractivity contribution is 7.88.